The van der Waals surface area contributed by atoms with Crippen LogP contribution in [0.3, 0.4) is 0 Å². The molecule has 11 heteroatoms. The SMILES string of the molecule is CC(C)S(=O)(=O)N1CCC(COc2cnc(N3C[C@H](c4cc(F)ccc4F)[C@@H](N)C3)nc2)CC1. The van der Waals surface area contributed by atoms with Gasteiger partial charge in [0.15, 0.2) is 5.75 Å². The van der Waals surface area contributed by atoms with E-state index >= 15 is 0 Å². The van der Waals surface area contributed by atoms with Gasteiger partial charge >= 0.3 is 0 Å². The lowest BCUT2D eigenvalue weighted by atomic mass is 9.94. The molecule has 2 atom stereocenters. The van der Waals surface area contributed by atoms with Crippen LogP contribution >= 0.6 is 0 Å². The third kappa shape index (κ3) is 5.31. The minimum Gasteiger partial charge on any atom is -0.490 e. The van der Waals surface area contributed by atoms with Gasteiger partial charge in [0.25, 0.3) is 0 Å². The Hall–Kier alpha value is -2.37. The van der Waals surface area contributed by atoms with Crippen LogP contribution in [0.15, 0.2) is 30.6 Å². The molecule has 0 unspecified atom stereocenters. The number of sulfonamides is 1. The van der Waals surface area contributed by atoms with Crippen LogP contribution in [-0.4, -0.2) is 66.8 Å². The molecule has 4 rings (SSSR count). The van der Waals surface area contributed by atoms with Gasteiger partial charge in [-0.3, -0.25) is 0 Å². The molecule has 0 amide bonds. The normalized spacial score (nSPS) is 22.5. The summed E-state index contributed by atoms with van der Waals surface area (Å²) in [6.07, 6.45) is 4.66. The van der Waals surface area contributed by atoms with E-state index in [4.69, 9.17) is 10.5 Å². The fourth-order valence-corrected chi connectivity index (χ4v) is 5.83. The first kappa shape index (κ1) is 24.7. The zero-order chi connectivity index (χ0) is 24.5. The second-order valence-corrected chi connectivity index (χ2v) is 11.8. The predicted molar refractivity (Wildman–Crippen MR) is 125 cm³/mol. The molecule has 34 heavy (non-hydrogen) atoms. The number of nitrogens with zero attached hydrogens (tertiary/aromatic N) is 4. The summed E-state index contributed by atoms with van der Waals surface area (Å²) < 4.78 is 59.8. The molecule has 2 N–H and O–H groups in total. The number of hydrogen-bond acceptors (Lipinski definition) is 7. The zero-order valence-corrected chi connectivity index (χ0v) is 20.2. The molecule has 2 aliphatic rings. The van der Waals surface area contributed by atoms with Gasteiger partial charge < -0.3 is 15.4 Å². The molecule has 0 saturated carbocycles. The van der Waals surface area contributed by atoms with Crippen molar-refractivity contribution in [2.75, 3.05) is 37.7 Å². The maximum absolute atomic E-state index is 14.2. The van der Waals surface area contributed by atoms with E-state index in [0.717, 1.165) is 25.0 Å². The van der Waals surface area contributed by atoms with E-state index in [-0.39, 0.29) is 23.4 Å². The third-order valence-corrected chi connectivity index (χ3v) is 8.91. The monoisotopic (exact) mass is 495 g/mol. The summed E-state index contributed by atoms with van der Waals surface area (Å²) in [6.45, 7) is 5.69. The second-order valence-electron chi connectivity index (χ2n) is 9.31. The van der Waals surface area contributed by atoms with Crippen molar-refractivity contribution in [1.82, 2.24) is 14.3 Å². The van der Waals surface area contributed by atoms with Gasteiger partial charge in [0.2, 0.25) is 16.0 Å². The number of benzene rings is 1. The van der Waals surface area contributed by atoms with E-state index in [1.165, 1.54) is 6.07 Å². The van der Waals surface area contributed by atoms with Gasteiger partial charge in [0.05, 0.1) is 24.3 Å². The highest BCUT2D eigenvalue weighted by molar-refractivity contribution is 7.89. The summed E-state index contributed by atoms with van der Waals surface area (Å²) in [7, 11) is -3.21. The van der Waals surface area contributed by atoms with Gasteiger partial charge in [-0.25, -0.2) is 31.5 Å². The summed E-state index contributed by atoms with van der Waals surface area (Å²) in [4.78, 5) is 10.6. The van der Waals surface area contributed by atoms with Crippen LogP contribution in [0.4, 0.5) is 14.7 Å². The fourth-order valence-electron chi connectivity index (χ4n) is 4.51. The Morgan fingerprint density at radius 1 is 1.15 bits per heavy atom. The molecule has 186 valence electrons. The topological polar surface area (TPSA) is 102 Å². The van der Waals surface area contributed by atoms with Crippen molar-refractivity contribution >= 4 is 16.0 Å². The van der Waals surface area contributed by atoms with Crippen LogP contribution in [0.5, 0.6) is 5.75 Å². The average Bonchev–Trinajstić information content (AvgIpc) is 3.21. The summed E-state index contributed by atoms with van der Waals surface area (Å²) in [5.74, 6) is -0.0862. The van der Waals surface area contributed by atoms with Crippen LogP contribution in [0.1, 0.15) is 38.2 Å². The summed E-state index contributed by atoms with van der Waals surface area (Å²) in [6, 6.07) is 3.04. The maximum atomic E-state index is 14.2. The summed E-state index contributed by atoms with van der Waals surface area (Å²) >= 11 is 0. The molecule has 0 radical (unpaired) electrons. The lowest BCUT2D eigenvalue weighted by molar-refractivity contribution is 0.184. The minimum absolute atomic E-state index is 0.261. The third-order valence-electron chi connectivity index (χ3n) is 6.63. The molecule has 2 saturated heterocycles. The van der Waals surface area contributed by atoms with E-state index in [2.05, 4.69) is 9.97 Å². The minimum atomic E-state index is -3.21. The van der Waals surface area contributed by atoms with Gasteiger partial charge in [0.1, 0.15) is 11.6 Å². The number of anilines is 1. The number of nitrogens with two attached hydrogens (primary N) is 1. The van der Waals surface area contributed by atoms with Crippen molar-refractivity contribution in [3.63, 3.8) is 0 Å². The molecular weight excluding hydrogens is 464 g/mol. The van der Waals surface area contributed by atoms with E-state index in [9.17, 15) is 17.2 Å². The van der Waals surface area contributed by atoms with Crippen LogP contribution in [0, 0.1) is 17.6 Å². The molecule has 2 aliphatic heterocycles. The Labute approximate surface area is 199 Å². The van der Waals surface area contributed by atoms with Crippen LogP contribution < -0.4 is 15.4 Å². The largest absolute Gasteiger partial charge is 0.490 e. The second kappa shape index (κ2) is 10.1. The van der Waals surface area contributed by atoms with Gasteiger partial charge in [-0.2, -0.15) is 0 Å². The Kier molecular flexibility index (Phi) is 7.34. The van der Waals surface area contributed by atoms with Gasteiger partial charge in [0, 0.05) is 38.1 Å². The van der Waals surface area contributed by atoms with Crippen LogP contribution in [0.25, 0.3) is 0 Å². The Bertz CT molecular complexity index is 1090. The molecule has 0 aliphatic carbocycles. The van der Waals surface area contributed by atoms with Crippen molar-refractivity contribution in [2.45, 2.75) is 43.9 Å². The highest BCUT2D eigenvalue weighted by Crippen LogP contribution is 2.31. The van der Waals surface area contributed by atoms with E-state index in [1.54, 1.807) is 30.5 Å². The number of aromatic nitrogens is 2. The number of hydrogen-bond donors (Lipinski definition) is 1. The van der Waals surface area contributed by atoms with E-state index in [1.807, 2.05) is 4.90 Å². The van der Waals surface area contributed by atoms with Gasteiger partial charge in [-0.1, -0.05) is 0 Å². The van der Waals surface area contributed by atoms with Crippen molar-refractivity contribution in [3.8, 4) is 5.75 Å². The Morgan fingerprint density at radius 3 is 2.47 bits per heavy atom. The molecule has 2 aromatic rings. The molecular formula is C23H31F2N5O3S. The smallest absolute Gasteiger partial charge is 0.225 e. The highest BCUT2D eigenvalue weighted by Gasteiger charge is 2.34. The molecule has 2 fully saturated rings. The zero-order valence-electron chi connectivity index (χ0n) is 19.4. The molecule has 3 heterocycles. The average molecular weight is 496 g/mol. The first-order chi connectivity index (χ1) is 16.1. The maximum Gasteiger partial charge on any atom is 0.225 e. The van der Waals surface area contributed by atoms with Crippen molar-refractivity contribution in [1.29, 1.82) is 0 Å². The van der Waals surface area contributed by atoms with Crippen LogP contribution in [-0.2, 0) is 10.0 Å². The Morgan fingerprint density at radius 2 is 1.82 bits per heavy atom. The Balaban J connectivity index is 1.30. The van der Waals surface area contributed by atoms with Crippen molar-refractivity contribution in [2.24, 2.45) is 11.7 Å². The number of rotatable bonds is 7. The van der Waals surface area contributed by atoms with E-state index < -0.39 is 26.9 Å². The number of ether oxygens (including phenoxy) is 1. The molecule has 0 spiro atoms. The van der Waals surface area contributed by atoms with Crippen LogP contribution in [0.2, 0.25) is 0 Å². The highest BCUT2D eigenvalue weighted by atomic mass is 32.2. The summed E-state index contributed by atoms with van der Waals surface area (Å²) in [5.41, 5.74) is 6.48. The predicted octanol–water partition coefficient (Wildman–Crippen LogP) is 2.51. The van der Waals surface area contributed by atoms with Gasteiger partial charge in [-0.15, -0.1) is 0 Å². The lowest BCUT2D eigenvalue weighted by Crippen LogP contribution is -2.42. The molecule has 0 bridgehead atoms. The van der Waals surface area contributed by atoms with E-state index in [0.29, 0.717) is 44.5 Å². The summed E-state index contributed by atoms with van der Waals surface area (Å²) in [5, 5.41) is -0.413. The van der Waals surface area contributed by atoms with Crippen molar-refractivity contribution < 1.29 is 21.9 Å². The standard InChI is InChI=1S/C23H31F2N5O3S/c1-15(2)34(31,32)30-7-5-16(6-8-30)14-33-18-10-27-23(28-11-18)29-12-20(22(26)13-29)19-9-17(24)3-4-21(19)25/h3-4,9-11,15-16,20,22H,5-8,12-14,26H2,1-2H3/t20-,22+/m1/s1. The first-order valence-corrected chi connectivity index (χ1v) is 13.0. The van der Waals surface area contributed by atoms with Gasteiger partial charge in [-0.05, 0) is 56.4 Å². The number of piperidine rings is 1. The molecule has 1 aromatic heterocycles. The molecule has 8 nitrogen and oxygen atoms in total. The van der Waals surface area contributed by atoms with Crippen molar-refractivity contribution in [3.05, 3.63) is 47.8 Å². The lowest BCUT2D eigenvalue weighted by Gasteiger charge is -2.32. The fraction of sp³-hybridized carbons (Fsp3) is 0.565. The molecule has 1 aromatic carbocycles. The quantitative estimate of drug-likeness (QED) is 0.630. The number of halogens is 2. The first-order valence-electron chi connectivity index (χ1n) is 11.5.